The molecule has 0 bridgehead atoms. The highest BCUT2D eigenvalue weighted by Gasteiger charge is 2.50. The van der Waals surface area contributed by atoms with Crippen LogP contribution in [-0.2, 0) is 14.3 Å². The maximum Gasteiger partial charge on any atom is 0.317 e. The number of ether oxygens (including phenoxy) is 1. The Labute approximate surface area is 94.8 Å². The van der Waals surface area contributed by atoms with Crippen LogP contribution in [0.25, 0.3) is 0 Å². The Morgan fingerprint density at radius 3 is 2.40 bits per heavy atom. The van der Waals surface area contributed by atoms with Crippen LogP contribution in [0.15, 0.2) is 0 Å². The zero-order valence-electron chi connectivity index (χ0n) is 8.96. The molecule has 3 unspecified atom stereocenters. The van der Waals surface area contributed by atoms with E-state index in [-0.39, 0.29) is 23.8 Å². The Hall–Kier alpha value is -0.353. The van der Waals surface area contributed by atoms with Gasteiger partial charge < -0.3 is 4.74 Å². The predicted octanol–water partition coefficient (Wildman–Crippen LogP) is 2.30. The van der Waals surface area contributed by atoms with Gasteiger partial charge in [-0.3, -0.25) is 9.59 Å². The number of carbonyl (C=O) groups is 2. The van der Waals surface area contributed by atoms with Gasteiger partial charge in [0.15, 0.2) is 7.38 Å². The van der Waals surface area contributed by atoms with E-state index in [0.29, 0.717) is 5.54 Å². The van der Waals surface area contributed by atoms with Crippen LogP contribution in [0.2, 0.25) is 18.6 Å². The zero-order valence-corrected chi connectivity index (χ0v) is 10.7. The first kappa shape index (κ1) is 11.1. The fourth-order valence-corrected chi connectivity index (χ4v) is 4.85. The van der Waals surface area contributed by atoms with E-state index in [4.69, 9.17) is 11.1 Å². The van der Waals surface area contributed by atoms with Crippen molar-refractivity contribution in [2.45, 2.75) is 37.9 Å². The molecule has 0 amide bonds. The van der Waals surface area contributed by atoms with Gasteiger partial charge in [0.2, 0.25) is 0 Å². The molecular formula is C10H15ClO3Si. The number of halogens is 1. The first-order valence-electron chi connectivity index (χ1n) is 5.34. The molecule has 0 aromatic carbocycles. The van der Waals surface area contributed by atoms with Gasteiger partial charge in [-0.15, -0.1) is 0 Å². The minimum absolute atomic E-state index is 0.179. The molecule has 0 aromatic heterocycles. The lowest BCUT2D eigenvalue weighted by Crippen LogP contribution is -2.34. The maximum absolute atomic E-state index is 11.4. The molecule has 84 valence electrons. The molecule has 1 saturated heterocycles. The van der Waals surface area contributed by atoms with Crippen LogP contribution < -0.4 is 0 Å². The van der Waals surface area contributed by atoms with E-state index in [1.165, 1.54) is 0 Å². The molecule has 15 heavy (non-hydrogen) atoms. The summed E-state index contributed by atoms with van der Waals surface area (Å²) in [6, 6.07) is 0. The van der Waals surface area contributed by atoms with Crippen molar-refractivity contribution in [3.63, 3.8) is 0 Å². The number of rotatable bonds is 1. The second-order valence-corrected chi connectivity index (χ2v) is 11.9. The van der Waals surface area contributed by atoms with Gasteiger partial charge in [0, 0.05) is 0 Å². The van der Waals surface area contributed by atoms with Crippen LogP contribution in [0.1, 0.15) is 19.3 Å². The summed E-state index contributed by atoms with van der Waals surface area (Å²) < 4.78 is 4.66. The summed E-state index contributed by atoms with van der Waals surface area (Å²) in [5.74, 6) is -1.04. The van der Waals surface area contributed by atoms with Gasteiger partial charge in [-0.1, -0.05) is 19.5 Å². The third-order valence-corrected chi connectivity index (χ3v) is 7.02. The minimum atomic E-state index is -1.71. The Morgan fingerprint density at radius 2 is 1.80 bits per heavy atom. The monoisotopic (exact) mass is 246 g/mol. The average molecular weight is 247 g/mol. The van der Waals surface area contributed by atoms with Gasteiger partial charge in [0.25, 0.3) is 0 Å². The van der Waals surface area contributed by atoms with Crippen molar-refractivity contribution in [2.75, 3.05) is 0 Å². The average Bonchev–Trinajstić information content (AvgIpc) is 2.41. The van der Waals surface area contributed by atoms with Gasteiger partial charge in [0.1, 0.15) is 0 Å². The van der Waals surface area contributed by atoms with Crippen molar-refractivity contribution in [3.8, 4) is 0 Å². The van der Waals surface area contributed by atoms with Gasteiger partial charge >= 0.3 is 11.9 Å². The van der Waals surface area contributed by atoms with Crippen molar-refractivity contribution in [3.05, 3.63) is 0 Å². The molecule has 0 N–H and O–H groups in total. The maximum atomic E-state index is 11.4. The van der Waals surface area contributed by atoms with Crippen LogP contribution in [0.4, 0.5) is 0 Å². The molecule has 3 nitrogen and oxygen atoms in total. The summed E-state index contributed by atoms with van der Waals surface area (Å²) in [6.07, 6.45) is 2.48. The lowest BCUT2D eigenvalue weighted by Gasteiger charge is -2.33. The fraction of sp³-hybridized carbons (Fsp3) is 0.800. The van der Waals surface area contributed by atoms with E-state index in [2.05, 4.69) is 17.8 Å². The van der Waals surface area contributed by atoms with Crippen LogP contribution in [0.3, 0.4) is 0 Å². The highest BCUT2D eigenvalue weighted by molar-refractivity contribution is 7.19. The number of esters is 2. The Kier molecular flexibility index (Phi) is 2.67. The number of hydrogen-bond acceptors (Lipinski definition) is 3. The van der Waals surface area contributed by atoms with E-state index >= 15 is 0 Å². The van der Waals surface area contributed by atoms with Gasteiger partial charge in [-0.2, -0.15) is 11.1 Å². The molecule has 2 fully saturated rings. The smallest absolute Gasteiger partial charge is 0.317 e. The largest absolute Gasteiger partial charge is 0.393 e. The van der Waals surface area contributed by atoms with E-state index in [1.807, 2.05) is 0 Å². The molecule has 1 heterocycles. The van der Waals surface area contributed by atoms with E-state index in [1.54, 1.807) is 0 Å². The van der Waals surface area contributed by atoms with Crippen molar-refractivity contribution in [1.82, 2.24) is 0 Å². The number of fused-ring (bicyclic) bond motifs is 1. The Balaban J connectivity index is 2.12. The van der Waals surface area contributed by atoms with Crippen LogP contribution in [0, 0.1) is 11.8 Å². The van der Waals surface area contributed by atoms with Crippen molar-refractivity contribution in [1.29, 1.82) is 0 Å². The van der Waals surface area contributed by atoms with Crippen LogP contribution in [0.5, 0.6) is 0 Å². The second kappa shape index (κ2) is 3.59. The highest BCUT2D eigenvalue weighted by atomic mass is 35.6. The SMILES string of the molecule is C[Si](C)(Cl)C1CCC2C(=O)OC(=O)C2C1. The van der Waals surface area contributed by atoms with Crippen molar-refractivity contribution < 1.29 is 14.3 Å². The lowest BCUT2D eigenvalue weighted by atomic mass is 9.81. The fourth-order valence-electron chi connectivity index (χ4n) is 2.59. The molecule has 1 saturated carbocycles. The molecular weight excluding hydrogens is 232 g/mol. The van der Waals surface area contributed by atoms with E-state index < -0.39 is 7.38 Å². The lowest BCUT2D eigenvalue weighted by molar-refractivity contribution is -0.153. The zero-order chi connectivity index (χ0) is 11.2. The summed E-state index contributed by atoms with van der Waals surface area (Å²) in [5.41, 5.74) is 0.430. The van der Waals surface area contributed by atoms with Gasteiger partial charge in [0.05, 0.1) is 11.8 Å². The summed E-state index contributed by atoms with van der Waals surface area (Å²) in [4.78, 5) is 22.7. The molecule has 1 aliphatic heterocycles. The molecule has 3 atom stereocenters. The van der Waals surface area contributed by atoms with Gasteiger partial charge in [-0.05, 0) is 18.4 Å². The molecule has 0 spiro atoms. The molecule has 5 heteroatoms. The molecule has 2 aliphatic rings. The van der Waals surface area contributed by atoms with E-state index in [0.717, 1.165) is 19.3 Å². The van der Waals surface area contributed by atoms with Crippen molar-refractivity contribution in [2.24, 2.45) is 11.8 Å². The minimum Gasteiger partial charge on any atom is -0.393 e. The molecule has 2 rings (SSSR count). The van der Waals surface area contributed by atoms with Crippen LogP contribution >= 0.6 is 11.1 Å². The molecule has 0 aromatic rings. The number of cyclic esters (lactones) is 2. The summed E-state index contributed by atoms with van der Waals surface area (Å²) in [6.45, 7) is 4.20. The van der Waals surface area contributed by atoms with Crippen molar-refractivity contribution >= 4 is 30.4 Å². The summed E-state index contributed by atoms with van der Waals surface area (Å²) in [7, 11) is -1.71. The van der Waals surface area contributed by atoms with E-state index in [9.17, 15) is 9.59 Å². The second-order valence-electron chi connectivity index (χ2n) is 5.03. The first-order valence-corrected chi connectivity index (χ1v) is 9.43. The molecule has 0 radical (unpaired) electrons. The number of hydrogen-bond donors (Lipinski definition) is 0. The third-order valence-electron chi connectivity index (χ3n) is 3.63. The third kappa shape index (κ3) is 1.97. The summed E-state index contributed by atoms with van der Waals surface area (Å²) >= 11 is 6.39. The Bertz CT molecular complexity index is 310. The summed E-state index contributed by atoms with van der Waals surface area (Å²) in [5, 5.41) is 0. The van der Waals surface area contributed by atoms with Crippen LogP contribution in [-0.4, -0.2) is 19.3 Å². The van der Waals surface area contributed by atoms with Gasteiger partial charge in [-0.25, -0.2) is 0 Å². The standard InChI is InChI=1S/C10H15ClO3Si/c1-15(2,11)6-3-4-7-8(5-6)10(13)14-9(7)12/h6-8H,3-5H2,1-2H3. The topological polar surface area (TPSA) is 43.4 Å². The first-order chi connectivity index (χ1) is 6.89. The Morgan fingerprint density at radius 1 is 1.20 bits per heavy atom. The normalized spacial score (nSPS) is 36.3. The molecule has 1 aliphatic carbocycles. The highest BCUT2D eigenvalue weighted by Crippen LogP contribution is 2.46. The number of carbonyl (C=O) groups excluding carboxylic acids is 2. The predicted molar refractivity (Wildman–Crippen MR) is 59.0 cm³/mol. The quantitative estimate of drug-likeness (QED) is 0.309.